The predicted molar refractivity (Wildman–Crippen MR) is 79.5 cm³/mol. The Morgan fingerprint density at radius 3 is 2.35 bits per heavy atom. The van der Waals surface area contributed by atoms with Crippen LogP contribution in [0.5, 0.6) is 0 Å². The van der Waals surface area contributed by atoms with Gasteiger partial charge in [-0.25, -0.2) is 17.5 Å². The third-order valence-corrected chi connectivity index (χ3v) is 5.82. The molecular formula is C13H18BrFN2O2S. The van der Waals surface area contributed by atoms with E-state index in [0.717, 1.165) is 31.7 Å². The molecule has 7 heteroatoms. The van der Waals surface area contributed by atoms with Crippen molar-refractivity contribution in [2.75, 3.05) is 7.05 Å². The van der Waals surface area contributed by atoms with Gasteiger partial charge in [0.2, 0.25) is 10.0 Å². The van der Waals surface area contributed by atoms with Crippen LogP contribution in [0.4, 0.5) is 4.39 Å². The maximum atomic E-state index is 13.4. The second-order valence-electron chi connectivity index (χ2n) is 5.03. The summed E-state index contributed by atoms with van der Waals surface area (Å²) in [5.74, 6) is -0.577. The minimum Gasteiger partial charge on any atom is -0.317 e. The molecule has 0 radical (unpaired) electrons. The Labute approximate surface area is 127 Å². The smallest absolute Gasteiger partial charge is 0.240 e. The minimum atomic E-state index is -3.65. The van der Waals surface area contributed by atoms with E-state index in [1.807, 2.05) is 7.05 Å². The van der Waals surface area contributed by atoms with Crippen LogP contribution in [0, 0.1) is 5.82 Å². The van der Waals surface area contributed by atoms with Crippen LogP contribution in [0.2, 0.25) is 0 Å². The molecule has 1 aromatic rings. The normalized spacial score (nSPS) is 23.8. The van der Waals surface area contributed by atoms with Crippen molar-refractivity contribution < 1.29 is 12.8 Å². The summed E-state index contributed by atoms with van der Waals surface area (Å²) in [6.07, 6.45) is 3.48. The molecule has 0 atom stereocenters. The number of hydrogen-bond acceptors (Lipinski definition) is 3. The lowest BCUT2D eigenvalue weighted by atomic mass is 9.92. The Hall–Kier alpha value is -0.500. The van der Waals surface area contributed by atoms with Crippen LogP contribution in [0.3, 0.4) is 0 Å². The number of rotatable bonds is 4. The van der Waals surface area contributed by atoms with Gasteiger partial charge in [0.25, 0.3) is 0 Å². The Morgan fingerprint density at radius 2 is 1.80 bits per heavy atom. The summed E-state index contributed by atoms with van der Waals surface area (Å²) < 4.78 is 40.8. The molecule has 4 nitrogen and oxygen atoms in total. The lowest BCUT2D eigenvalue weighted by Gasteiger charge is -2.28. The van der Waals surface area contributed by atoms with Gasteiger partial charge >= 0.3 is 0 Å². The van der Waals surface area contributed by atoms with Crippen molar-refractivity contribution in [1.82, 2.24) is 10.0 Å². The van der Waals surface area contributed by atoms with Crippen LogP contribution < -0.4 is 10.0 Å². The second kappa shape index (κ2) is 6.51. The molecule has 2 rings (SSSR count). The highest BCUT2D eigenvalue weighted by Gasteiger charge is 2.25. The van der Waals surface area contributed by atoms with Crippen LogP contribution in [0.25, 0.3) is 0 Å². The van der Waals surface area contributed by atoms with Gasteiger partial charge in [-0.3, -0.25) is 0 Å². The van der Waals surface area contributed by atoms with Crippen molar-refractivity contribution >= 4 is 26.0 Å². The zero-order valence-corrected chi connectivity index (χ0v) is 13.6. The van der Waals surface area contributed by atoms with Gasteiger partial charge in [0, 0.05) is 12.1 Å². The van der Waals surface area contributed by atoms with E-state index >= 15 is 0 Å². The topological polar surface area (TPSA) is 58.2 Å². The van der Waals surface area contributed by atoms with E-state index in [-0.39, 0.29) is 15.4 Å². The first-order valence-corrected chi connectivity index (χ1v) is 8.84. The number of halogens is 2. The SMILES string of the molecule is CNC1CCC(NS(=O)(=O)c2ccc(Br)c(F)c2)CC1. The summed E-state index contributed by atoms with van der Waals surface area (Å²) in [6, 6.07) is 4.22. The van der Waals surface area contributed by atoms with E-state index in [4.69, 9.17) is 0 Å². The van der Waals surface area contributed by atoms with Crippen LogP contribution in [-0.4, -0.2) is 27.5 Å². The standard InChI is InChI=1S/C13H18BrFN2O2S/c1-16-9-2-4-10(5-3-9)17-20(18,19)11-6-7-12(14)13(15)8-11/h6-10,16-17H,2-5H2,1H3. The molecular weight excluding hydrogens is 347 g/mol. The van der Waals surface area contributed by atoms with Crippen molar-refractivity contribution in [1.29, 1.82) is 0 Å². The molecule has 112 valence electrons. The Kier molecular flexibility index (Phi) is 5.17. The summed E-state index contributed by atoms with van der Waals surface area (Å²) in [5.41, 5.74) is 0. The molecule has 1 aliphatic rings. The van der Waals surface area contributed by atoms with Gasteiger partial charge < -0.3 is 5.32 Å². The summed E-state index contributed by atoms with van der Waals surface area (Å²) in [4.78, 5) is -0.0334. The van der Waals surface area contributed by atoms with E-state index < -0.39 is 15.8 Å². The predicted octanol–water partition coefficient (Wildman–Crippen LogP) is 2.40. The quantitative estimate of drug-likeness (QED) is 0.862. The molecule has 20 heavy (non-hydrogen) atoms. The van der Waals surface area contributed by atoms with Crippen LogP contribution in [0.15, 0.2) is 27.6 Å². The maximum Gasteiger partial charge on any atom is 0.240 e. The number of sulfonamides is 1. The highest BCUT2D eigenvalue weighted by molar-refractivity contribution is 9.10. The first-order chi connectivity index (χ1) is 9.42. The van der Waals surface area contributed by atoms with Gasteiger partial charge in [-0.15, -0.1) is 0 Å². The summed E-state index contributed by atoms with van der Waals surface area (Å²) in [5, 5.41) is 3.20. The third kappa shape index (κ3) is 3.78. The Morgan fingerprint density at radius 1 is 1.20 bits per heavy atom. The molecule has 1 aliphatic carbocycles. The molecule has 0 heterocycles. The van der Waals surface area contributed by atoms with Crippen molar-refractivity contribution in [3.63, 3.8) is 0 Å². The lowest BCUT2D eigenvalue weighted by Crippen LogP contribution is -2.41. The molecule has 0 bridgehead atoms. The Bertz CT molecular complexity index is 572. The van der Waals surface area contributed by atoms with Gasteiger partial charge in [0.05, 0.1) is 9.37 Å². The second-order valence-corrected chi connectivity index (χ2v) is 7.60. The Balaban J connectivity index is 2.06. The number of benzene rings is 1. The monoisotopic (exact) mass is 364 g/mol. The molecule has 0 saturated heterocycles. The fourth-order valence-electron chi connectivity index (χ4n) is 2.43. The molecule has 1 saturated carbocycles. The first-order valence-electron chi connectivity index (χ1n) is 6.57. The zero-order chi connectivity index (χ0) is 14.8. The van der Waals surface area contributed by atoms with E-state index in [1.54, 1.807) is 0 Å². The van der Waals surface area contributed by atoms with Crippen molar-refractivity contribution in [3.05, 3.63) is 28.5 Å². The van der Waals surface area contributed by atoms with Crippen molar-refractivity contribution in [2.24, 2.45) is 0 Å². The van der Waals surface area contributed by atoms with Gasteiger partial charge in [-0.1, -0.05) is 0 Å². The van der Waals surface area contributed by atoms with E-state index in [2.05, 4.69) is 26.0 Å². The molecule has 0 spiro atoms. The summed E-state index contributed by atoms with van der Waals surface area (Å²) in [6.45, 7) is 0. The van der Waals surface area contributed by atoms with E-state index in [9.17, 15) is 12.8 Å². The van der Waals surface area contributed by atoms with Crippen LogP contribution >= 0.6 is 15.9 Å². The van der Waals surface area contributed by atoms with Gasteiger partial charge in [-0.2, -0.15) is 0 Å². The highest BCUT2D eigenvalue weighted by atomic mass is 79.9. The molecule has 0 amide bonds. The van der Waals surface area contributed by atoms with Gasteiger partial charge in [0.15, 0.2) is 0 Å². The molecule has 0 unspecified atom stereocenters. The molecule has 1 aromatic carbocycles. The van der Waals surface area contributed by atoms with Crippen LogP contribution in [0.1, 0.15) is 25.7 Å². The number of hydrogen-bond donors (Lipinski definition) is 2. The van der Waals surface area contributed by atoms with Crippen LogP contribution in [-0.2, 0) is 10.0 Å². The van der Waals surface area contributed by atoms with Gasteiger partial charge in [-0.05, 0) is 66.9 Å². The minimum absolute atomic E-state index is 0.0334. The lowest BCUT2D eigenvalue weighted by molar-refractivity contribution is 0.342. The average Bonchev–Trinajstić information content (AvgIpc) is 2.42. The summed E-state index contributed by atoms with van der Waals surface area (Å²) in [7, 11) is -1.74. The van der Waals surface area contributed by atoms with E-state index in [0.29, 0.717) is 6.04 Å². The number of nitrogens with one attached hydrogen (secondary N) is 2. The third-order valence-electron chi connectivity index (χ3n) is 3.66. The molecule has 1 fully saturated rings. The average molecular weight is 365 g/mol. The maximum absolute atomic E-state index is 13.4. The molecule has 2 N–H and O–H groups in total. The largest absolute Gasteiger partial charge is 0.317 e. The van der Waals surface area contributed by atoms with E-state index in [1.165, 1.54) is 12.1 Å². The first kappa shape index (κ1) is 15.9. The van der Waals surface area contributed by atoms with Crippen molar-refractivity contribution in [2.45, 2.75) is 42.7 Å². The zero-order valence-electron chi connectivity index (χ0n) is 11.2. The fourth-order valence-corrected chi connectivity index (χ4v) is 3.99. The fraction of sp³-hybridized carbons (Fsp3) is 0.538. The molecule has 0 aliphatic heterocycles. The summed E-state index contributed by atoms with van der Waals surface area (Å²) >= 11 is 3.01. The van der Waals surface area contributed by atoms with Crippen molar-refractivity contribution in [3.8, 4) is 0 Å². The highest BCUT2D eigenvalue weighted by Crippen LogP contribution is 2.22. The molecule has 0 aromatic heterocycles. The van der Waals surface area contributed by atoms with Gasteiger partial charge in [0.1, 0.15) is 5.82 Å².